The normalized spacial score (nSPS) is 16.5. The smallest absolute Gasteiger partial charge is 0.261 e. The number of carbonyl (C=O) groups excluding carboxylic acids is 1. The minimum atomic E-state index is -1.02. The number of methoxy groups -OCH3 is 1. The maximum absolute atomic E-state index is 13.6. The predicted molar refractivity (Wildman–Crippen MR) is 110 cm³/mol. The average Bonchev–Trinajstić information content (AvgIpc) is 3.31. The quantitative estimate of drug-likeness (QED) is 0.617. The van der Waals surface area contributed by atoms with Crippen molar-refractivity contribution in [3.8, 4) is 11.1 Å². The van der Waals surface area contributed by atoms with Gasteiger partial charge in [-0.3, -0.25) is 9.59 Å². The van der Waals surface area contributed by atoms with Crippen LogP contribution in [0, 0.1) is 5.82 Å². The fraction of sp³-hybridized carbons (Fsp3) is 0.333. The van der Waals surface area contributed by atoms with Gasteiger partial charge in [-0.15, -0.1) is 0 Å². The summed E-state index contributed by atoms with van der Waals surface area (Å²) >= 11 is 5.94. The molecule has 2 aromatic heterocycles. The van der Waals surface area contributed by atoms with E-state index in [-0.39, 0.29) is 36.3 Å². The molecular formula is C21H20ClF2N3O3. The number of likely N-dealkylation sites (tertiary alicyclic amines) is 1. The van der Waals surface area contributed by atoms with Crippen molar-refractivity contribution in [2.75, 3.05) is 20.2 Å². The van der Waals surface area contributed by atoms with Gasteiger partial charge in [0, 0.05) is 31.6 Å². The standard InChI is InChI=1S/C21H20ClF2N3O3/c1-30-12-27-10-15(13-2-3-17(24)16(22)8-13)20-18(27)5-7-26(21(20)29)11-19(28)25-6-4-14(23)9-25/h2-3,5,7-8,10,14H,4,6,9,11-12H2,1H3. The molecule has 0 N–H and O–H groups in total. The second kappa shape index (κ2) is 8.20. The number of benzene rings is 1. The minimum Gasteiger partial charge on any atom is -0.364 e. The first-order chi connectivity index (χ1) is 14.4. The highest BCUT2D eigenvalue weighted by atomic mass is 35.5. The fourth-order valence-electron chi connectivity index (χ4n) is 3.79. The molecule has 1 aliphatic rings. The molecule has 0 saturated carbocycles. The van der Waals surface area contributed by atoms with E-state index in [2.05, 4.69) is 0 Å². The number of halogens is 3. The van der Waals surface area contributed by atoms with Crippen LogP contribution in [0.2, 0.25) is 5.02 Å². The molecule has 1 amide bonds. The van der Waals surface area contributed by atoms with E-state index in [0.29, 0.717) is 35.0 Å². The maximum atomic E-state index is 13.6. The summed E-state index contributed by atoms with van der Waals surface area (Å²) in [7, 11) is 1.54. The molecule has 4 rings (SSSR count). The number of hydrogen-bond donors (Lipinski definition) is 0. The van der Waals surface area contributed by atoms with Crippen molar-refractivity contribution in [1.29, 1.82) is 0 Å². The summed E-state index contributed by atoms with van der Waals surface area (Å²) in [6, 6.07) is 5.96. The van der Waals surface area contributed by atoms with Gasteiger partial charge in [0.1, 0.15) is 25.3 Å². The van der Waals surface area contributed by atoms with Gasteiger partial charge in [0.15, 0.2) is 0 Å². The second-order valence-electron chi connectivity index (χ2n) is 7.29. The number of rotatable bonds is 5. The van der Waals surface area contributed by atoms with Gasteiger partial charge in [0.2, 0.25) is 5.91 Å². The van der Waals surface area contributed by atoms with Crippen LogP contribution in [0.3, 0.4) is 0 Å². The summed E-state index contributed by atoms with van der Waals surface area (Å²) in [6.45, 7) is 0.431. The van der Waals surface area contributed by atoms with Gasteiger partial charge in [0.05, 0.1) is 22.5 Å². The molecule has 1 aliphatic heterocycles. The Balaban J connectivity index is 1.79. The predicted octanol–water partition coefficient (Wildman–Crippen LogP) is 3.44. The molecular weight excluding hydrogens is 416 g/mol. The maximum Gasteiger partial charge on any atom is 0.261 e. The molecule has 6 nitrogen and oxygen atoms in total. The van der Waals surface area contributed by atoms with E-state index in [1.807, 2.05) is 0 Å². The van der Waals surface area contributed by atoms with Crippen LogP contribution < -0.4 is 5.56 Å². The van der Waals surface area contributed by atoms with Crippen molar-refractivity contribution in [3.05, 3.63) is 57.9 Å². The zero-order chi connectivity index (χ0) is 21.4. The van der Waals surface area contributed by atoms with Crippen LogP contribution >= 0.6 is 11.6 Å². The molecule has 1 atom stereocenters. The molecule has 0 spiro atoms. The van der Waals surface area contributed by atoms with Crippen molar-refractivity contribution in [3.63, 3.8) is 0 Å². The molecule has 158 valence electrons. The average molecular weight is 436 g/mol. The van der Waals surface area contributed by atoms with E-state index in [4.69, 9.17) is 16.3 Å². The molecule has 0 aliphatic carbocycles. The van der Waals surface area contributed by atoms with Crippen LogP contribution in [-0.4, -0.2) is 46.3 Å². The number of ether oxygens (including phenoxy) is 1. The highest BCUT2D eigenvalue weighted by Crippen LogP contribution is 2.31. The second-order valence-corrected chi connectivity index (χ2v) is 7.70. The Hall–Kier alpha value is -2.71. The molecule has 30 heavy (non-hydrogen) atoms. The van der Waals surface area contributed by atoms with E-state index in [9.17, 15) is 18.4 Å². The topological polar surface area (TPSA) is 56.5 Å². The van der Waals surface area contributed by atoms with Crippen LogP contribution in [-0.2, 0) is 22.8 Å². The fourth-order valence-corrected chi connectivity index (χ4v) is 3.97. The zero-order valence-corrected chi connectivity index (χ0v) is 17.0. The van der Waals surface area contributed by atoms with Crippen LogP contribution in [0.4, 0.5) is 8.78 Å². The molecule has 3 aromatic rings. The molecule has 3 heterocycles. The summed E-state index contributed by atoms with van der Waals surface area (Å²) in [6.07, 6.45) is 2.57. The molecule has 1 saturated heterocycles. The Bertz CT molecular complexity index is 1170. The van der Waals surface area contributed by atoms with E-state index in [1.165, 1.54) is 28.7 Å². The summed E-state index contributed by atoms with van der Waals surface area (Å²) in [5.74, 6) is -0.861. The van der Waals surface area contributed by atoms with Crippen molar-refractivity contribution >= 4 is 28.4 Å². The van der Waals surface area contributed by atoms with Gasteiger partial charge < -0.3 is 18.8 Å². The summed E-state index contributed by atoms with van der Waals surface area (Å²) in [4.78, 5) is 27.2. The van der Waals surface area contributed by atoms with Crippen LogP contribution in [0.25, 0.3) is 22.0 Å². The zero-order valence-electron chi connectivity index (χ0n) is 16.3. The van der Waals surface area contributed by atoms with Crippen LogP contribution in [0.1, 0.15) is 6.42 Å². The number of fused-ring (bicyclic) bond motifs is 1. The van der Waals surface area contributed by atoms with Gasteiger partial charge in [-0.05, 0) is 30.2 Å². The van der Waals surface area contributed by atoms with Gasteiger partial charge in [-0.2, -0.15) is 0 Å². The number of amides is 1. The first kappa shape index (κ1) is 20.6. The van der Waals surface area contributed by atoms with Crippen LogP contribution in [0.5, 0.6) is 0 Å². The van der Waals surface area contributed by atoms with Crippen molar-refractivity contribution < 1.29 is 18.3 Å². The van der Waals surface area contributed by atoms with E-state index >= 15 is 0 Å². The lowest BCUT2D eigenvalue weighted by atomic mass is 10.1. The third-order valence-corrected chi connectivity index (χ3v) is 5.58. The summed E-state index contributed by atoms with van der Waals surface area (Å²) in [5, 5.41) is 0.316. The third-order valence-electron chi connectivity index (χ3n) is 5.29. The highest BCUT2D eigenvalue weighted by Gasteiger charge is 2.26. The van der Waals surface area contributed by atoms with E-state index in [1.54, 1.807) is 29.1 Å². The SMILES string of the molecule is COCn1cc(-c2ccc(F)c(Cl)c2)c2c(=O)n(CC(=O)N3CCC(F)C3)ccc21. The lowest BCUT2D eigenvalue weighted by Crippen LogP contribution is -2.35. The monoisotopic (exact) mass is 435 g/mol. The molecule has 1 unspecified atom stereocenters. The van der Waals surface area contributed by atoms with Crippen molar-refractivity contribution in [2.45, 2.75) is 25.9 Å². The van der Waals surface area contributed by atoms with Crippen molar-refractivity contribution in [2.24, 2.45) is 0 Å². The van der Waals surface area contributed by atoms with Crippen LogP contribution in [0.15, 0.2) is 41.5 Å². The molecule has 0 bridgehead atoms. The summed E-state index contributed by atoms with van der Waals surface area (Å²) < 4.78 is 35.3. The Labute approximate surface area is 176 Å². The Morgan fingerprint density at radius 1 is 1.30 bits per heavy atom. The molecule has 1 fully saturated rings. The number of pyridine rings is 1. The lowest BCUT2D eigenvalue weighted by Gasteiger charge is -2.16. The first-order valence-electron chi connectivity index (χ1n) is 9.47. The number of carbonyl (C=O) groups is 1. The van der Waals surface area contributed by atoms with Gasteiger partial charge >= 0.3 is 0 Å². The van der Waals surface area contributed by atoms with E-state index in [0.717, 1.165) is 0 Å². The number of hydrogen-bond acceptors (Lipinski definition) is 3. The molecule has 9 heteroatoms. The molecule has 0 radical (unpaired) electrons. The Kier molecular flexibility index (Phi) is 5.62. The Morgan fingerprint density at radius 2 is 2.10 bits per heavy atom. The van der Waals surface area contributed by atoms with E-state index < -0.39 is 12.0 Å². The minimum absolute atomic E-state index is 0.0543. The van der Waals surface area contributed by atoms with Crippen molar-refractivity contribution in [1.82, 2.24) is 14.0 Å². The Morgan fingerprint density at radius 3 is 2.77 bits per heavy atom. The molecule has 1 aromatic carbocycles. The summed E-state index contributed by atoms with van der Waals surface area (Å²) in [5.41, 5.74) is 1.37. The van der Waals surface area contributed by atoms with Gasteiger partial charge in [0.25, 0.3) is 5.56 Å². The number of alkyl halides is 1. The number of nitrogens with zero attached hydrogens (tertiary/aromatic N) is 3. The largest absolute Gasteiger partial charge is 0.364 e. The third kappa shape index (κ3) is 3.73. The lowest BCUT2D eigenvalue weighted by molar-refractivity contribution is -0.131. The number of aromatic nitrogens is 2. The highest BCUT2D eigenvalue weighted by molar-refractivity contribution is 6.31. The van der Waals surface area contributed by atoms with Gasteiger partial charge in [-0.25, -0.2) is 8.78 Å². The van der Waals surface area contributed by atoms with Gasteiger partial charge in [-0.1, -0.05) is 17.7 Å². The first-order valence-corrected chi connectivity index (χ1v) is 9.85.